The Kier molecular flexibility index (Phi) is 6.34. The number of aryl methyl sites for hydroxylation is 1. The molecule has 0 saturated heterocycles. The smallest absolute Gasteiger partial charge is 0.264 e. The van der Waals surface area contributed by atoms with Crippen molar-refractivity contribution in [2.24, 2.45) is 0 Å². The highest BCUT2D eigenvalue weighted by Gasteiger charge is 2.27. The van der Waals surface area contributed by atoms with Crippen LogP contribution in [0, 0.1) is 12.7 Å². The minimum absolute atomic E-state index is 0.102. The number of hydrogen-bond acceptors (Lipinski definition) is 3. The molecule has 1 N–H and O–H groups in total. The summed E-state index contributed by atoms with van der Waals surface area (Å²) in [5.41, 5.74) is 1.82. The minimum atomic E-state index is -4.07. The molecule has 0 spiro atoms. The van der Waals surface area contributed by atoms with Crippen molar-refractivity contribution in [3.05, 3.63) is 88.6 Å². The number of nitrogens with one attached hydrogen (secondary N) is 1. The maximum absolute atomic E-state index is 13.2. The molecule has 0 heterocycles. The summed E-state index contributed by atoms with van der Waals surface area (Å²) in [5, 5.41) is 2.72. The molecule has 150 valence electrons. The Morgan fingerprint density at radius 2 is 1.69 bits per heavy atom. The third-order valence-corrected chi connectivity index (χ3v) is 6.85. The average Bonchev–Trinajstić information content (AvgIpc) is 2.70. The van der Waals surface area contributed by atoms with Crippen LogP contribution in [0.4, 0.5) is 15.8 Å². The fourth-order valence-electron chi connectivity index (χ4n) is 2.70. The van der Waals surface area contributed by atoms with Crippen molar-refractivity contribution in [3.63, 3.8) is 0 Å². The molecule has 0 saturated carbocycles. The standard InChI is InChI=1S/C21H18BrFN2O3S/c1-15-13-17(9-12-20(15)22)24-21(26)14-25(18-5-3-2-4-6-18)29(27,28)19-10-7-16(23)8-11-19/h2-13H,14H2,1H3,(H,24,26). The molecule has 5 nitrogen and oxygen atoms in total. The van der Waals surface area contributed by atoms with Crippen molar-refractivity contribution in [2.75, 3.05) is 16.2 Å². The molecule has 3 aromatic rings. The van der Waals surface area contributed by atoms with Gasteiger partial charge in [-0.15, -0.1) is 0 Å². The van der Waals surface area contributed by atoms with Gasteiger partial charge < -0.3 is 5.32 Å². The van der Waals surface area contributed by atoms with Gasteiger partial charge in [0.05, 0.1) is 10.6 Å². The zero-order valence-corrected chi connectivity index (χ0v) is 17.9. The average molecular weight is 477 g/mol. The van der Waals surface area contributed by atoms with Crippen LogP contribution in [0.2, 0.25) is 0 Å². The van der Waals surface area contributed by atoms with Gasteiger partial charge in [-0.25, -0.2) is 12.8 Å². The highest BCUT2D eigenvalue weighted by molar-refractivity contribution is 9.10. The number of nitrogens with zero attached hydrogens (tertiary/aromatic N) is 1. The molecule has 8 heteroatoms. The third kappa shape index (κ3) is 5.02. The van der Waals surface area contributed by atoms with Gasteiger partial charge in [0.15, 0.2) is 0 Å². The lowest BCUT2D eigenvalue weighted by Crippen LogP contribution is -2.38. The summed E-state index contributed by atoms with van der Waals surface area (Å²) in [4.78, 5) is 12.5. The van der Waals surface area contributed by atoms with E-state index in [-0.39, 0.29) is 4.90 Å². The monoisotopic (exact) mass is 476 g/mol. The fraction of sp³-hybridized carbons (Fsp3) is 0.0952. The van der Waals surface area contributed by atoms with Crippen molar-refractivity contribution in [3.8, 4) is 0 Å². The van der Waals surface area contributed by atoms with E-state index in [0.29, 0.717) is 11.4 Å². The molecule has 29 heavy (non-hydrogen) atoms. The van der Waals surface area contributed by atoms with Crippen LogP contribution >= 0.6 is 15.9 Å². The van der Waals surface area contributed by atoms with Crippen LogP contribution in [0.15, 0.2) is 82.2 Å². The first kappa shape index (κ1) is 21.0. The highest BCUT2D eigenvalue weighted by atomic mass is 79.9. The second-order valence-electron chi connectivity index (χ2n) is 6.31. The lowest BCUT2D eigenvalue weighted by molar-refractivity contribution is -0.114. The second-order valence-corrected chi connectivity index (χ2v) is 9.03. The first-order chi connectivity index (χ1) is 13.8. The molecule has 0 bridgehead atoms. The van der Waals surface area contributed by atoms with E-state index in [4.69, 9.17) is 0 Å². The number of para-hydroxylation sites is 1. The van der Waals surface area contributed by atoms with Gasteiger partial charge in [0.25, 0.3) is 10.0 Å². The van der Waals surface area contributed by atoms with Gasteiger partial charge in [-0.05, 0) is 67.1 Å². The van der Waals surface area contributed by atoms with Gasteiger partial charge in [-0.3, -0.25) is 9.10 Å². The van der Waals surface area contributed by atoms with Crippen molar-refractivity contribution in [2.45, 2.75) is 11.8 Å². The molecule has 0 aliphatic heterocycles. The van der Waals surface area contributed by atoms with Crippen LogP contribution in [0.25, 0.3) is 0 Å². The maximum atomic E-state index is 13.2. The number of benzene rings is 3. The van der Waals surface area contributed by atoms with E-state index < -0.39 is 28.3 Å². The Hall–Kier alpha value is -2.71. The summed E-state index contributed by atoms with van der Waals surface area (Å²) in [6, 6.07) is 18.1. The van der Waals surface area contributed by atoms with Crippen LogP contribution in [0.1, 0.15) is 5.56 Å². The van der Waals surface area contributed by atoms with E-state index in [2.05, 4.69) is 21.2 Å². The maximum Gasteiger partial charge on any atom is 0.264 e. The Morgan fingerprint density at radius 3 is 2.31 bits per heavy atom. The van der Waals surface area contributed by atoms with Crippen molar-refractivity contribution >= 4 is 43.2 Å². The van der Waals surface area contributed by atoms with Crippen molar-refractivity contribution in [1.29, 1.82) is 0 Å². The lowest BCUT2D eigenvalue weighted by atomic mass is 10.2. The molecule has 1 amide bonds. The molecule has 0 aliphatic carbocycles. The molecule has 0 fully saturated rings. The van der Waals surface area contributed by atoms with Crippen molar-refractivity contribution in [1.82, 2.24) is 0 Å². The number of carbonyl (C=O) groups excluding carboxylic acids is 1. The summed E-state index contributed by atoms with van der Waals surface area (Å²) in [7, 11) is -4.07. The van der Waals surface area contributed by atoms with Crippen LogP contribution in [0.5, 0.6) is 0 Å². The number of hydrogen-bond donors (Lipinski definition) is 1. The molecule has 0 aromatic heterocycles. The van der Waals surface area contributed by atoms with Crippen LogP contribution in [-0.4, -0.2) is 20.9 Å². The molecule has 0 unspecified atom stereocenters. The van der Waals surface area contributed by atoms with Gasteiger partial charge in [0.1, 0.15) is 12.4 Å². The van der Waals surface area contributed by atoms with Gasteiger partial charge in [0, 0.05) is 10.2 Å². The second kappa shape index (κ2) is 8.75. The molecule has 3 aromatic carbocycles. The highest BCUT2D eigenvalue weighted by Crippen LogP contribution is 2.24. The van der Waals surface area contributed by atoms with Gasteiger partial charge >= 0.3 is 0 Å². The number of anilines is 2. The predicted molar refractivity (Wildman–Crippen MR) is 115 cm³/mol. The zero-order chi connectivity index (χ0) is 21.0. The Bertz CT molecular complexity index is 1120. The lowest BCUT2D eigenvalue weighted by Gasteiger charge is -2.24. The van der Waals surface area contributed by atoms with Crippen molar-refractivity contribution < 1.29 is 17.6 Å². The van der Waals surface area contributed by atoms with Crippen LogP contribution in [0.3, 0.4) is 0 Å². The molecule has 3 rings (SSSR count). The fourth-order valence-corrected chi connectivity index (χ4v) is 4.36. The molecular weight excluding hydrogens is 459 g/mol. The quantitative estimate of drug-likeness (QED) is 0.558. The summed E-state index contributed by atoms with van der Waals surface area (Å²) < 4.78 is 41.4. The normalized spacial score (nSPS) is 11.1. The summed E-state index contributed by atoms with van der Waals surface area (Å²) >= 11 is 3.40. The number of halogens is 2. The number of rotatable bonds is 6. The Labute approximate surface area is 177 Å². The van der Waals surface area contributed by atoms with E-state index in [1.54, 1.807) is 48.5 Å². The first-order valence-corrected chi connectivity index (χ1v) is 10.9. The first-order valence-electron chi connectivity index (χ1n) is 8.67. The number of carbonyl (C=O) groups is 1. The minimum Gasteiger partial charge on any atom is -0.325 e. The predicted octanol–water partition coefficient (Wildman–Crippen LogP) is 4.73. The molecule has 0 aliphatic rings. The summed E-state index contributed by atoms with van der Waals surface area (Å²) in [6.07, 6.45) is 0. The third-order valence-electron chi connectivity index (χ3n) is 4.17. The van der Waals surface area contributed by atoms with Gasteiger partial charge in [-0.2, -0.15) is 0 Å². The van der Waals surface area contributed by atoms with Crippen LogP contribution in [-0.2, 0) is 14.8 Å². The van der Waals surface area contributed by atoms with Gasteiger partial charge in [-0.1, -0.05) is 34.1 Å². The number of amides is 1. The summed E-state index contributed by atoms with van der Waals surface area (Å²) in [6.45, 7) is 1.45. The Balaban J connectivity index is 1.91. The van der Waals surface area contributed by atoms with E-state index in [9.17, 15) is 17.6 Å². The van der Waals surface area contributed by atoms with E-state index in [1.165, 1.54) is 12.1 Å². The largest absolute Gasteiger partial charge is 0.325 e. The topological polar surface area (TPSA) is 66.5 Å². The van der Waals surface area contributed by atoms with E-state index in [0.717, 1.165) is 26.5 Å². The van der Waals surface area contributed by atoms with Gasteiger partial charge in [0.2, 0.25) is 5.91 Å². The molecule has 0 atom stereocenters. The summed E-state index contributed by atoms with van der Waals surface area (Å²) in [5.74, 6) is -1.04. The van der Waals surface area contributed by atoms with E-state index >= 15 is 0 Å². The van der Waals surface area contributed by atoms with Crippen LogP contribution < -0.4 is 9.62 Å². The Morgan fingerprint density at radius 1 is 1.03 bits per heavy atom. The van der Waals surface area contributed by atoms with E-state index in [1.807, 2.05) is 6.92 Å². The SMILES string of the molecule is Cc1cc(NC(=O)CN(c2ccccc2)S(=O)(=O)c2ccc(F)cc2)ccc1Br. The zero-order valence-electron chi connectivity index (χ0n) is 15.5. The molecule has 0 radical (unpaired) electrons. The molecular formula is C21H18BrFN2O3S. The number of sulfonamides is 1.